The molecule has 4 aromatic rings. The van der Waals surface area contributed by atoms with E-state index < -0.39 is 0 Å². The topological polar surface area (TPSA) is 27.9 Å². The van der Waals surface area contributed by atoms with E-state index in [0.29, 0.717) is 6.67 Å². The van der Waals surface area contributed by atoms with Gasteiger partial charge >= 0.3 is 0 Å². The number of nitrogens with zero attached hydrogens (tertiary/aromatic N) is 2. The van der Waals surface area contributed by atoms with Gasteiger partial charge in [-0.15, -0.1) is 15.3 Å². The number of para-hydroxylation sites is 1. The number of hydrogen-bond donors (Lipinski definition) is 1. The van der Waals surface area contributed by atoms with Gasteiger partial charge in [0.05, 0.1) is 15.9 Å². The van der Waals surface area contributed by atoms with Gasteiger partial charge < -0.3 is 5.32 Å². The molecule has 1 N–H and O–H groups in total. The van der Waals surface area contributed by atoms with Gasteiger partial charge in [-0.25, -0.2) is 4.98 Å². The number of nitrogens with one attached hydrogen (secondary N) is 1. The van der Waals surface area contributed by atoms with E-state index in [1.54, 1.807) is 15.3 Å². The molecule has 0 amide bonds. The van der Waals surface area contributed by atoms with Gasteiger partial charge in [0.25, 0.3) is 12.4 Å². The van der Waals surface area contributed by atoms with E-state index >= 15 is 0 Å². The van der Waals surface area contributed by atoms with Crippen molar-refractivity contribution in [2.75, 3.05) is 12.0 Å². The minimum absolute atomic E-state index is 0.539. The zero-order chi connectivity index (χ0) is 18.8. The van der Waals surface area contributed by atoms with Gasteiger partial charge in [0.2, 0.25) is 12.4 Å². The molecule has 27 heavy (non-hydrogen) atoms. The molecular weight excluding hydrogens is 438 g/mol. The van der Waals surface area contributed by atoms with Crippen LogP contribution in [0.1, 0.15) is 5.56 Å². The zero-order valence-electron chi connectivity index (χ0n) is 14.6. The second-order valence-corrected chi connectivity index (χ2v) is 8.56. The van der Waals surface area contributed by atoms with Crippen molar-refractivity contribution in [3.63, 3.8) is 0 Å². The van der Waals surface area contributed by atoms with Gasteiger partial charge in [0.15, 0.2) is 0 Å². The Morgan fingerprint density at radius 1 is 1.07 bits per heavy atom. The van der Waals surface area contributed by atoms with Crippen molar-refractivity contribution in [3.05, 3.63) is 76.8 Å². The minimum atomic E-state index is 0.539. The van der Waals surface area contributed by atoms with E-state index in [9.17, 15) is 0 Å². The number of aromatic nitrogens is 1. The Kier molecular flexibility index (Phi) is 5.29. The average Bonchev–Trinajstić information content (AvgIpc) is 3.10. The molecule has 6 heteroatoms. The molecule has 1 heterocycles. The molecule has 0 unspecified atom stereocenters. The van der Waals surface area contributed by atoms with Crippen LogP contribution in [0.15, 0.2) is 71.2 Å². The summed E-state index contributed by atoms with van der Waals surface area (Å²) in [6, 6.07) is 22.6. The molecule has 3 nitrogen and oxygen atoms in total. The highest BCUT2D eigenvalue weighted by atomic mass is 79.9. The summed E-state index contributed by atoms with van der Waals surface area (Å²) in [5.74, 6) is 0. The van der Waals surface area contributed by atoms with Crippen LogP contribution in [0, 0.1) is 6.92 Å². The molecule has 0 aliphatic carbocycles. The van der Waals surface area contributed by atoms with Crippen molar-refractivity contribution in [1.82, 2.24) is 4.98 Å². The maximum absolute atomic E-state index is 5.52. The second kappa shape index (κ2) is 7.84. The van der Waals surface area contributed by atoms with Crippen molar-refractivity contribution in [2.45, 2.75) is 6.92 Å². The number of fused-ring (bicyclic) bond motifs is 1. The maximum Gasteiger partial charge on any atom is 0.272 e. The third-order valence-electron chi connectivity index (χ3n) is 4.23. The lowest BCUT2D eigenvalue weighted by Gasteiger charge is -2.05. The first kappa shape index (κ1) is 18.2. The third-order valence-corrected chi connectivity index (χ3v) is 6.33. The summed E-state index contributed by atoms with van der Waals surface area (Å²) < 4.78 is 4.01. The fraction of sp³-hybridized carbons (Fsp3) is 0.0952. The summed E-state index contributed by atoms with van der Waals surface area (Å²) in [7, 11) is 0. The SMILES string of the molecule is Cc1ccc2nc(-c3ccc([N+](=S)CNc4ccccc4Br)cc3)sc2c1. The number of rotatable bonds is 5. The van der Waals surface area contributed by atoms with E-state index in [2.05, 4.69) is 58.5 Å². The quantitative estimate of drug-likeness (QED) is 0.276. The van der Waals surface area contributed by atoms with E-state index in [4.69, 9.17) is 17.4 Å². The first-order valence-electron chi connectivity index (χ1n) is 8.51. The third kappa shape index (κ3) is 4.08. The van der Waals surface area contributed by atoms with Crippen molar-refractivity contribution in [1.29, 1.82) is 0 Å². The first-order chi connectivity index (χ1) is 13.1. The van der Waals surface area contributed by atoms with Crippen LogP contribution in [0.3, 0.4) is 0 Å². The summed E-state index contributed by atoms with van der Waals surface area (Å²) >= 11 is 10.8. The van der Waals surface area contributed by atoms with Crippen LogP contribution < -0.4 is 5.32 Å². The van der Waals surface area contributed by atoms with Crippen LogP contribution in [-0.4, -0.2) is 15.6 Å². The summed E-state index contributed by atoms with van der Waals surface area (Å²) in [5, 5.41) is 4.38. The van der Waals surface area contributed by atoms with Crippen LogP contribution in [0.2, 0.25) is 0 Å². The van der Waals surface area contributed by atoms with Crippen molar-refractivity contribution >= 4 is 61.3 Å². The van der Waals surface area contributed by atoms with E-state index in [-0.39, 0.29) is 0 Å². The van der Waals surface area contributed by atoms with Crippen LogP contribution >= 0.6 is 27.3 Å². The molecule has 0 saturated carbocycles. The molecule has 4 rings (SSSR count). The molecule has 1 aromatic heterocycles. The van der Waals surface area contributed by atoms with Crippen LogP contribution in [0.5, 0.6) is 0 Å². The fourth-order valence-electron chi connectivity index (χ4n) is 2.78. The normalized spacial score (nSPS) is 10.9. The lowest BCUT2D eigenvalue weighted by molar-refractivity contribution is -0.400. The Labute approximate surface area is 176 Å². The van der Waals surface area contributed by atoms with Gasteiger partial charge in [-0.05, 0) is 64.8 Å². The molecule has 0 aliphatic heterocycles. The van der Waals surface area contributed by atoms with Crippen molar-refractivity contribution in [2.24, 2.45) is 0 Å². The highest BCUT2D eigenvalue weighted by molar-refractivity contribution is 9.10. The molecular formula is C21H17BrN3S2+. The molecule has 0 saturated heterocycles. The largest absolute Gasteiger partial charge is 0.328 e. The minimum Gasteiger partial charge on any atom is -0.328 e. The standard InChI is InChI=1S/C21H17BrN3S2/c1-14-6-11-19-20(12-14)27-21(24-19)15-7-9-16(10-8-15)25(26)13-23-18-5-3-2-4-17(18)22/h2-12,23H,13H2,1H3/q+1. The summed E-state index contributed by atoms with van der Waals surface area (Å²) in [4.78, 5) is 4.75. The van der Waals surface area contributed by atoms with Crippen LogP contribution in [-0.2, 0) is 12.4 Å². The van der Waals surface area contributed by atoms with Crippen LogP contribution in [0.25, 0.3) is 20.8 Å². The molecule has 0 bridgehead atoms. The predicted octanol–water partition coefficient (Wildman–Crippen LogP) is 6.48. The van der Waals surface area contributed by atoms with E-state index in [1.165, 1.54) is 10.3 Å². The molecule has 134 valence electrons. The van der Waals surface area contributed by atoms with Gasteiger partial charge in [-0.1, -0.05) is 18.2 Å². The molecule has 3 aromatic carbocycles. The maximum atomic E-state index is 5.52. The molecule has 0 fully saturated rings. The van der Waals surface area contributed by atoms with Crippen LogP contribution in [0.4, 0.5) is 11.4 Å². The lowest BCUT2D eigenvalue weighted by atomic mass is 10.2. The number of anilines is 1. The monoisotopic (exact) mass is 454 g/mol. The Bertz CT molecular complexity index is 1120. The van der Waals surface area contributed by atoms with E-state index in [0.717, 1.165) is 31.9 Å². The van der Waals surface area contributed by atoms with Crippen molar-refractivity contribution in [3.8, 4) is 10.6 Å². The average molecular weight is 455 g/mol. The highest BCUT2D eigenvalue weighted by Gasteiger charge is 2.12. The fourth-order valence-corrected chi connectivity index (χ4v) is 4.46. The van der Waals surface area contributed by atoms with E-state index in [1.807, 2.05) is 36.4 Å². The summed E-state index contributed by atoms with van der Waals surface area (Å²) in [5.41, 5.74) is 5.42. The van der Waals surface area contributed by atoms with Gasteiger partial charge in [0.1, 0.15) is 5.01 Å². The summed E-state index contributed by atoms with van der Waals surface area (Å²) in [6.07, 6.45) is 0. The number of thiazole rings is 1. The Morgan fingerprint density at radius 2 is 1.85 bits per heavy atom. The number of halogens is 1. The number of benzene rings is 3. The van der Waals surface area contributed by atoms with Gasteiger partial charge in [-0.3, -0.25) is 0 Å². The number of aryl methyl sites for hydroxylation is 1. The molecule has 0 atom stereocenters. The Morgan fingerprint density at radius 3 is 2.63 bits per heavy atom. The Balaban J connectivity index is 1.49. The molecule has 0 aliphatic rings. The highest BCUT2D eigenvalue weighted by Crippen LogP contribution is 2.31. The molecule has 0 radical (unpaired) electrons. The first-order valence-corrected chi connectivity index (χ1v) is 10.5. The van der Waals surface area contributed by atoms with Gasteiger partial charge in [0, 0.05) is 22.2 Å². The number of hydrogen-bond acceptors (Lipinski definition) is 4. The van der Waals surface area contributed by atoms with Gasteiger partial charge in [-0.2, -0.15) is 0 Å². The second-order valence-electron chi connectivity index (χ2n) is 6.23. The smallest absolute Gasteiger partial charge is 0.272 e. The summed E-state index contributed by atoms with van der Waals surface area (Å²) in [6.45, 7) is 2.64. The molecule has 0 spiro atoms. The predicted molar refractivity (Wildman–Crippen MR) is 120 cm³/mol. The zero-order valence-corrected chi connectivity index (χ0v) is 17.9. The lowest BCUT2D eigenvalue weighted by Crippen LogP contribution is -2.13. The van der Waals surface area contributed by atoms with Crippen molar-refractivity contribution < 1.29 is 3.95 Å². The Hall–Kier alpha value is -2.15.